The van der Waals surface area contributed by atoms with Crippen LogP contribution in [0.5, 0.6) is 0 Å². The molecule has 1 aromatic carbocycles. The molecule has 0 saturated heterocycles. The standard InChI is InChI=1S/C30H39NO5/c1-27-11-8-24-25(30(27,35)14-10-23(27)21-15-26(33)36-18-21)9-13-29(34)16-22(32)7-12-28(24,29)19-31-17-20-5-3-2-4-6-20/h2-6,15,19,22-25,32,34-35H,7-14,16-18H2,1H3/t22-,23-,24+,25-,27-,28+,29+,30+/m1/s1. The van der Waals surface area contributed by atoms with Crippen LogP contribution in [0.15, 0.2) is 47.0 Å². The maximum atomic E-state index is 12.5. The Labute approximate surface area is 213 Å². The number of fused-ring (bicyclic) bond motifs is 5. The summed E-state index contributed by atoms with van der Waals surface area (Å²) >= 11 is 0. The van der Waals surface area contributed by atoms with Gasteiger partial charge in [0.25, 0.3) is 0 Å². The Kier molecular flexibility index (Phi) is 5.75. The molecule has 5 aliphatic rings. The second-order valence-corrected chi connectivity index (χ2v) is 12.5. The summed E-state index contributed by atoms with van der Waals surface area (Å²) in [5.74, 6) is 0.0375. The van der Waals surface area contributed by atoms with Gasteiger partial charge >= 0.3 is 5.97 Å². The molecule has 6 nitrogen and oxygen atoms in total. The number of cyclic esters (lactones) is 1. The average Bonchev–Trinajstić information content (AvgIpc) is 3.40. The first-order valence-corrected chi connectivity index (χ1v) is 13.8. The Morgan fingerprint density at radius 3 is 2.56 bits per heavy atom. The van der Waals surface area contributed by atoms with Crippen LogP contribution in [0, 0.1) is 28.6 Å². The number of nitrogens with zero attached hydrogens (tertiary/aromatic N) is 1. The normalized spacial score (nSPS) is 46.1. The highest BCUT2D eigenvalue weighted by atomic mass is 16.5. The lowest BCUT2D eigenvalue weighted by Gasteiger charge is -2.65. The van der Waals surface area contributed by atoms with Gasteiger partial charge in [0.15, 0.2) is 0 Å². The highest BCUT2D eigenvalue weighted by molar-refractivity contribution is 5.85. The van der Waals surface area contributed by atoms with Crippen molar-refractivity contribution in [1.29, 1.82) is 0 Å². The van der Waals surface area contributed by atoms with Gasteiger partial charge in [-0.2, -0.15) is 0 Å². The Balaban J connectivity index is 1.35. The molecule has 0 radical (unpaired) electrons. The van der Waals surface area contributed by atoms with E-state index in [9.17, 15) is 20.1 Å². The third-order valence-corrected chi connectivity index (χ3v) is 11.1. The molecule has 4 fully saturated rings. The number of aliphatic hydroxyl groups excluding tert-OH is 1. The van der Waals surface area contributed by atoms with E-state index in [-0.39, 0.29) is 29.1 Å². The number of carbonyl (C=O) groups is 1. The van der Waals surface area contributed by atoms with Gasteiger partial charge in [0, 0.05) is 29.5 Å². The number of rotatable bonds is 4. The molecule has 6 rings (SSSR count). The predicted molar refractivity (Wildman–Crippen MR) is 136 cm³/mol. The molecular weight excluding hydrogens is 454 g/mol. The van der Waals surface area contributed by atoms with E-state index >= 15 is 0 Å². The molecule has 3 N–H and O–H groups in total. The van der Waals surface area contributed by atoms with Crippen molar-refractivity contribution in [2.75, 3.05) is 6.61 Å². The summed E-state index contributed by atoms with van der Waals surface area (Å²) in [4.78, 5) is 16.7. The van der Waals surface area contributed by atoms with Crippen molar-refractivity contribution in [3.05, 3.63) is 47.5 Å². The first kappa shape index (κ1) is 24.3. The molecule has 1 aliphatic heterocycles. The van der Waals surface area contributed by atoms with E-state index in [0.29, 0.717) is 45.3 Å². The molecule has 194 valence electrons. The zero-order valence-electron chi connectivity index (χ0n) is 21.2. The van der Waals surface area contributed by atoms with Crippen molar-refractivity contribution in [1.82, 2.24) is 0 Å². The molecule has 0 amide bonds. The Morgan fingerprint density at radius 2 is 1.81 bits per heavy atom. The molecule has 1 aromatic rings. The monoisotopic (exact) mass is 493 g/mol. The molecule has 4 aliphatic carbocycles. The molecule has 1 heterocycles. The third kappa shape index (κ3) is 3.40. The van der Waals surface area contributed by atoms with Crippen molar-refractivity contribution in [3.8, 4) is 0 Å². The number of esters is 1. The van der Waals surface area contributed by atoms with E-state index in [1.54, 1.807) is 6.08 Å². The number of benzene rings is 1. The summed E-state index contributed by atoms with van der Waals surface area (Å²) in [5.41, 5.74) is -0.575. The van der Waals surface area contributed by atoms with Crippen molar-refractivity contribution in [2.45, 2.75) is 88.6 Å². The third-order valence-electron chi connectivity index (χ3n) is 11.1. The molecular formula is C30H39NO5. The molecule has 4 saturated carbocycles. The van der Waals surface area contributed by atoms with Gasteiger partial charge in [-0.05, 0) is 80.3 Å². The molecule has 0 unspecified atom stereocenters. The lowest BCUT2D eigenvalue weighted by Crippen LogP contribution is -2.68. The van der Waals surface area contributed by atoms with Crippen LogP contribution in [0.3, 0.4) is 0 Å². The van der Waals surface area contributed by atoms with Gasteiger partial charge in [-0.25, -0.2) is 4.79 Å². The van der Waals surface area contributed by atoms with Crippen LogP contribution in [-0.4, -0.2) is 51.4 Å². The summed E-state index contributed by atoms with van der Waals surface area (Å²) in [5, 5.41) is 35.1. The predicted octanol–water partition coefficient (Wildman–Crippen LogP) is 3.97. The quantitative estimate of drug-likeness (QED) is 0.435. The van der Waals surface area contributed by atoms with Gasteiger partial charge in [0.1, 0.15) is 6.61 Å². The second kappa shape index (κ2) is 8.50. The summed E-state index contributed by atoms with van der Waals surface area (Å²) in [6, 6.07) is 10.2. The number of carbonyl (C=O) groups excluding carboxylic acids is 1. The van der Waals surface area contributed by atoms with Crippen LogP contribution in [-0.2, 0) is 16.1 Å². The van der Waals surface area contributed by atoms with Crippen molar-refractivity contribution >= 4 is 12.2 Å². The van der Waals surface area contributed by atoms with E-state index in [1.807, 2.05) is 24.4 Å². The molecule has 0 aromatic heterocycles. The minimum Gasteiger partial charge on any atom is -0.458 e. The summed E-state index contributed by atoms with van der Waals surface area (Å²) in [6.45, 7) is 3.12. The number of ether oxygens (including phenoxy) is 1. The van der Waals surface area contributed by atoms with Crippen LogP contribution >= 0.6 is 0 Å². The fourth-order valence-electron chi connectivity index (χ4n) is 9.26. The van der Waals surface area contributed by atoms with Crippen LogP contribution in [0.1, 0.15) is 70.3 Å². The lowest BCUT2D eigenvalue weighted by molar-refractivity contribution is -0.237. The fourth-order valence-corrected chi connectivity index (χ4v) is 9.26. The zero-order chi connectivity index (χ0) is 25.2. The first-order valence-electron chi connectivity index (χ1n) is 13.8. The summed E-state index contributed by atoms with van der Waals surface area (Å²) < 4.78 is 5.25. The van der Waals surface area contributed by atoms with E-state index < -0.39 is 22.7 Å². The molecule has 6 heteroatoms. The van der Waals surface area contributed by atoms with E-state index in [4.69, 9.17) is 9.73 Å². The van der Waals surface area contributed by atoms with Gasteiger partial charge < -0.3 is 20.1 Å². The number of hydrogen-bond donors (Lipinski definition) is 3. The van der Waals surface area contributed by atoms with Crippen LogP contribution in [0.4, 0.5) is 0 Å². The van der Waals surface area contributed by atoms with Crippen molar-refractivity contribution < 1.29 is 24.9 Å². The van der Waals surface area contributed by atoms with Gasteiger partial charge in [-0.1, -0.05) is 37.3 Å². The molecule has 0 bridgehead atoms. The summed E-state index contributed by atoms with van der Waals surface area (Å²) in [7, 11) is 0. The first-order chi connectivity index (χ1) is 17.2. The Morgan fingerprint density at radius 1 is 1.03 bits per heavy atom. The Hall–Kier alpha value is -2.02. The van der Waals surface area contributed by atoms with Gasteiger partial charge in [-0.15, -0.1) is 0 Å². The van der Waals surface area contributed by atoms with Gasteiger partial charge in [-0.3, -0.25) is 4.99 Å². The fraction of sp³-hybridized carbons (Fsp3) is 0.667. The maximum Gasteiger partial charge on any atom is 0.331 e. The van der Waals surface area contributed by atoms with Crippen molar-refractivity contribution in [2.24, 2.45) is 33.6 Å². The number of aliphatic imine (C=N–C) groups is 1. The number of aliphatic hydroxyl groups is 3. The van der Waals surface area contributed by atoms with E-state index in [2.05, 4.69) is 19.1 Å². The molecule has 8 atom stereocenters. The van der Waals surface area contributed by atoms with Crippen LogP contribution in [0.25, 0.3) is 0 Å². The number of hydrogen-bond acceptors (Lipinski definition) is 6. The maximum absolute atomic E-state index is 12.5. The molecule has 0 spiro atoms. The van der Waals surface area contributed by atoms with E-state index in [1.165, 1.54) is 0 Å². The topological polar surface area (TPSA) is 99.4 Å². The second-order valence-electron chi connectivity index (χ2n) is 12.5. The SMILES string of the molecule is C[C@]12CC[C@H]3[C@@H](CC[C@]4(O)C[C@H](O)CC[C@]34C=NCc3ccccc3)[C@@]1(O)CC[C@@H]2C1=CC(=O)OC1. The highest BCUT2D eigenvalue weighted by Gasteiger charge is 2.71. The van der Waals surface area contributed by atoms with Crippen LogP contribution < -0.4 is 0 Å². The Bertz CT molecular complexity index is 1090. The largest absolute Gasteiger partial charge is 0.458 e. The van der Waals surface area contributed by atoms with Crippen LogP contribution in [0.2, 0.25) is 0 Å². The zero-order valence-corrected chi connectivity index (χ0v) is 21.2. The van der Waals surface area contributed by atoms with Crippen molar-refractivity contribution in [3.63, 3.8) is 0 Å². The smallest absolute Gasteiger partial charge is 0.331 e. The van der Waals surface area contributed by atoms with Gasteiger partial charge in [0.05, 0.1) is 23.9 Å². The summed E-state index contributed by atoms with van der Waals surface area (Å²) in [6.07, 6.45) is 9.51. The van der Waals surface area contributed by atoms with Gasteiger partial charge in [0.2, 0.25) is 0 Å². The molecule has 36 heavy (non-hydrogen) atoms. The highest BCUT2D eigenvalue weighted by Crippen LogP contribution is 2.70. The average molecular weight is 494 g/mol. The van der Waals surface area contributed by atoms with E-state index in [0.717, 1.165) is 36.8 Å². The minimum atomic E-state index is -1.01. The minimum absolute atomic E-state index is 0.0542. The lowest BCUT2D eigenvalue weighted by atomic mass is 9.41.